The third-order valence-corrected chi connectivity index (χ3v) is 4.80. The van der Waals surface area contributed by atoms with Gasteiger partial charge in [-0.3, -0.25) is 4.79 Å². The molecule has 0 aliphatic carbocycles. The summed E-state index contributed by atoms with van der Waals surface area (Å²) in [6.45, 7) is 7.43. The average Bonchev–Trinajstić information content (AvgIpc) is 2.64. The number of anilines is 2. The predicted molar refractivity (Wildman–Crippen MR) is 101 cm³/mol. The summed E-state index contributed by atoms with van der Waals surface area (Å²) in [6.07, 6.45) is 1.79. The number of nitrogens with zero attached hydrogens (tertiary/aromatic N) is 3. The lowest BCUT2D eigenvalue weighted by molar-refractivity contribution is 0.102. The molecular formula is C18H21BrN4O. The van der Waals surface area contributed by atoms with Crippen LogP contribution >= 0.6 is 15.9 Å². The molecular weight excluding hydrogens is 368 g/mol. The number of rotatable bonds is 4. The van der Waals surface area contributed by atoms with Gasteiger partial charge in [0.25, 0.3) is 5.91 Å². The summed E-state index contributed by atoms with van der Waals surface area (Å²) in [5, 5.41) is 2.86. The molecule has 0 saturated carbocycles. The van der Waals surface area contributed by atoms with Crippen molar-refractivity contribution in [3.05, 3.63) is 52.8 Å². The van der Waals surface area contributed by atoms with E-state index < -0.39 is 0 Å². The molecule has 3 rings (SSSR count). The third kappa shape index (κ3) is 4.13. The number of halogens is 1. The smallest absolute Gasteiger partial charge is 0.274 e. The maximum absolute atomic E-state index is 12.3. The fraction of sp³-hybridized carbons (Fsp3) is 0.333. The summed E-state index contributed by atoms with van der Waals surface area (Å²) in [7, 11) is 0. The Balaban J connectivity index is 1.61. The van der Waals surface area contributed by atoms with Crippen LogP contribution in [0, 0.1) is 0 Å². The second kappa shape index (κ2) is 7.77. The van der Waals surface area contributed by atoms with Crippen LogP contribution in [-0.2, 0) is 0 Å². The highest BCUT2D eigenvalue weighted by Gasteiger charge is 2.16. The Hall–Kier alpha value is -1.92. The van der Waals surface area contributed by atoms with Crippen molar-refractivity contribution >= 4 is 33.2 Å². The molecule has 6 heteroatoms. The number of hydrogen-bond donors (Lipinski definition) is 1. The van der Waals surface area contributed by atoms with Crippen LogP contribution in [0.1, 0.15) is 17.4 Å². The second-order valence-corrected chi connectivity index (χ2v) is 6.70. The molecule has 5 nitrogen and oxygen atoms in total. The Bertz CT molecular complexity index is 679. The van der Waals surface area contributed by atoms with Gasteiger partial charge in [-0.05, 0) is 42.9 Å². The van der Waals surface area contributed by atoms with Crippen LogP contribution in [0.15, 0.2) is 47.1 Å². The molecule has 0 bridgehead atoms. The molecule has 1 aromatic heterocycles. The van der Waals surface area contributed by atoms with Crippen molar-refractivity contribution in [2.75, 3.05) is 42.9 Å². The third-order valence-electron chi connectivity index (χ3n) is 4.27. The zero-order valence-electron chi connectivity index (χ0n) is 13.7. The van der Waals surface area contributed by atoms with Gasteiger partial charge < -0.3 is 15.1 Å². The van der Waals surface area contributed by atoms with Crippen LogP contribution in [0.3, 0.4) is 0 Å². The molecule has 1 aliphatic rings. The lowest BCUT2D eigenvalue weighted by atomic mass is 10.2. The largest absolute Gasteiger partial charge is 0.368 e. The number of amides is 1. The van der Waals surface area contributed by atoms with Gasteiger partial charge >= 0.3 is 0 Å². The lowest BCUT2D eigenvalue weighted by Crippen LogP contribution is -2.46. The molecule has 1 amide bonds. The summed E-state index contributed by atoms with van der Waals surface area (Å²) in [6, 6.07) is 11.2. The first-order valence-electron chi connectivity index (χ1n) is 8.16. The van der Waals surface area contributed by atoms with Gasteiger partial charge in [-0.2, -0.15) is 0 Å². The van der Waals surface area contributed by atoms with E-state index in [4.69, 9.17) is 0 Å². The number of likely N-dealkylation sites (N-methyl/N-ethyl adjacent to an activating group) is 1. The van der Waals surface area contributed by atoms with Crippen LogP contribution in [0.5, 0.6) is 0 Å². The highest BCUT2D eigenvalue weighted by molar-refractivity contribution is 9.10. The van der Waals surface area contributed by atoms with Gasteiger partial charge in [-0.1, -0.05) is 22.9 Å². The second-order valence-electron chi connectivity index (χ2n) is 5.78. The Kier molecular flexibility index (Phi) is 5.48. The van der Waals surface area contributed by atoms with Gasteiger partial charge in [-0.15, -0.1) is 0 Å². The summed E-state index contributed by atoms with van der Waals surface area (Å²) in [4.78, 5) is 21.3. The van der Waals surface area contributed by atoms with Crippen molar-refractivity contribution in [3.8, 4) is 0 Å². The first kappa shape index (κ1) is 16.9. The monoisotopic (exact) mass is 388 g/mol. The van der Waals surface area contributed by atoms with Crippen molar-refractivity contribution < 1.29 is 4.79 Å². The number of pyridine rings is 1. The molecule has 2 aromatic rings. The van der Waals surface area contributed by atoms with Crippen LogP contribution in [0.4, 0.5) is 11.4 Å². The van der Waals surface area contributed by atoms with Crippen molar-refractivity contribution in [3.63, 3.8) is 0 Å². The SMILES string of the molecule is CCN1CCN(c2ccc(C(=O)Nc3ccc(Br)cc3)nc2)CC1. The van der Waals surface area contributed by atoms with E-state index in [9.17, 15) is 4.79 Å². The number of aromatic nitrogens is 1. The number of hydrogen-bond acceptors (Lipinski definition) is 4. The van der Waals surface area contributed by atoms with E-state index in [1.807, 2.05) is 30.3 Å². The van der Waals surface area contributed by atoms with Gasteiger partial charge in [0.1, 0.15) is 5.69 Å². The summed E-state index contributed by atoms with van der Waals surface area (Å²) >= 11 is 3.38. The number of piperazine rings is 1. The maximum atomic E-state index is 12.3. The van der Waals surface area contributed by atoms with E-state index in [1.165, 1.54) is 0 Å². The topological polar surface area (TPSA) is 48.5 Å². The molecule has 0 radical (unpaired) electrons. The van der Waals surface area contributed by atoms with E-state index >= 15 is 0 Å². The molecule has 126 valence electrons. The molecule has 2 heterocycles. The van der Waals surface area contributed by atoms with Crippen LogP contribution < -0.4 is 10.2 Å². The van der Waals surface area contributed by atoms with Crippen LogP contribution in [0.25, 0.3) is 0 Å². The first-order chi connectivity index (χ1) is 11.7. The van der Waals surface area contributed by atoms with Crippen molar-refractivity contribution in [2.45, 2.75) is 6.92 Å². The zero-order chi connectivity index (χ0) is 16.9. The van der Waals surface area contributed by atoms with Gasteiger partial charge in [-0.25, -0.2) is 4.98 Å². The average molecular weight is 389 g/mol. The van der Waals surface area contributed by atoms with Crippen molar-refractivity contribution in [2.24, 2.45) is 0 Å². The molecule has 24 heavy (non-hydrogen) atoms. The lowest BCUT2D eigenvalue weighted by Gasteiger charge is -2.35. The van der Waals surface area contributed by atoms with Crippen molar-refractivity contribution in [1.29, 1.82) is 0 Å². The van der Waals surface area contributed by atoms with Gasteiger partial charge in [0.05, 0.1) is 11.9 Å². The Morgan fingerprint density at radius 2 is 1.83 bits per heavy atom. The quantitative estimate of drug-likeness (QED) is 0.873. The van der Waals surface area contributed by atoms with Gasteiger partial charge in [0.2, 0.25) is 0 Å². The predicted octanol–water partition coefficient (Wildman–Crippen LogP) is 3.24. The van der Waals surface area contributed by atoms with E-state index in [-0.39, 0.29) is 5.91 Å². The summed E-state index contributed by atoms with van der Waals surface area (Å²) in [5.41, 5.74) is 2.25. The van der Waals surface area contributed by atoms with Crippen molar-refractivity contribution in [1.82, 2.24) is 9.88 Å². The number of benzene rings is 1. The standard InChI is InChI=1S/C18H21BrN4O/c1-2-22-9-11-23(12-10-22)16-7-8-17(20-13-16)18(24)21-15-5-3-14(19)4-6-15/h3-8,13H,2,9-12H2,1H3,(H,21,24). The van der Waals surface area contributed by atoms with Crippen LogP contribution in [-0.4, -0.2) is 48.5 Å². The van der Waals surface area contributed by atoms with Crippen LogP contribution in [0.2, 0.25) is 0 Å². The number of nitrogens with one attached hydrogen (secondary N) is 1. The van der Waals surface area contributed by atoms with Gasteiger partial charge in [0.15, 0.2) is 0 Å². The fourth-order valence-corrected chi connectivity index (χ4v) is 3.02. The molecule has 0 atom stereocenters. The Morgan fingerprint density at radius 3 is 2.42 bits per heavy atom. The molecule has 1 aliphatic heterocycles. The minimum absolute atomic E-state index is 0.195. The van der Waals surface area contributed by atoms with E-state index in [0.29, 0.717) is 5.69 Å². The van der Waals surface area contributed by atoms with Gasteiger partial charge in [0, 0.05) is 36.3 Å². The van der Waals surface area contributed by atoms with E-state index in [1.54, 1.807) is 12.3 Å². The normalized spacial score (nSPS) is 15.3. The highest BCUT2D eigenvalue weighted by atomic mass is 79.9. The zero-order valence-corrected chi connectivity index (χ0v) is 15.3. The molecule has 0 spiro atoms. The molecule has 1 fully saturated rings. The Morgan fingerprint density at radius 1 is 1.12 bits per heavy atom. The maximum Gasteiger partial charge on any atom is 0.274 e. The van der Waals surface area contributed by atoms with E-state index in [2.05, 4.69) is 43.0 Å². The Labute approximate surface area is 150 Å². The minimum atomic E-state index is -0.195. The molecule has 1 saturated heterocycles. The highest BCUT2D eigenvalue weighted by Crippen LogP contribution is 2.17. The first-order valence-corrected chi connectivity index (χ1v) is 8.95. The van der Waals surface area contributed by atoms with E-state index in [0.717, 1.165) is 48.6 Å². The number of carbonyl (C=O) groups is 1. The molecule has 1 N–H and O–H groups in total. The summed E-state index contributed by atoms with van der Waals surface area (Å²) in [5.74, 6) is -0.195. The molecule has 1 aromatic carbocycles. The summed E-state index contributed by atoms with van der Waals surface area (Å²) < 4.78 is 0.978. The molecule has 0 unspecified atom stereocenters. The number of carbonyl (C=O) groups excluding carboxylic acids is 1. The fourth-order valence-electron chi connectivity index (χ4n) is 2.76. The minimum Gasteiger partial charge on any atom is -0.368 e.